The maximum Gasteiger partial charge on any atom is 0.409 e. The Balaban J connectivity index is 1.84. The second-order valence-electron chi connectivity index (χ2n) is 8.50. The summed E-state index contributed by atoms with van der Waals surface area (Å²) in [6.07, 6.45) is 0.917. The smallest absolute Gasteiger partial charge is 0.409 e. The van der Waals surface area contributed by atoms with Crippen LogP contribution in [0.1, 0.15) is 46.6 Å². The van der Waals surface area contributed by atoms with E-state index in [2.05, 4.69) is 0 Å². The fraction of sp³-hybridized carbons (Fsp3) is 0.636. The molecule has 1 amide bonds. The molecule has 0 aliphatic carbocycles. The first-order valence-electron chi connectivity index (χ1n) is 10.3. The number of amides is 1. The van der Waals surface area contributed by atoms with Gasteiger partial charge in [0.15, 0.2) is 11.5 Å². The van der Waals surface area contributed by atoms with Gasteiger partial charge < -0.3 is 29.6 Å². The molecule has 168 valence electrons. The standard InChI is InChI=1S/C22H34N2O6/c1-7-14(2)19(23)20(25)30-22(4,5)12-27-21(26)24(6)15(3)10-16-8-9-17-18(11-16)29-13-28-17/h8-9,11,14-15,19H,7,10,12-13,23H2,1-6H3. The van der Waals surface area contributed by atoms with Crippen LogP contribution in [0.3, 0.4) is 0 Å². The number of hydrogen-bond donors (Lipinski definition) is 1. The lowest BCUT2D eigenvalue weighted by Crippen LogP contribution is -2.45. The molecule has 0 saturated heterocycles. The third-order valence-corrected chi connectivity index (χ3v) is 5.37. The van der Waals surface area contributed by atoms with Gasteiger partial charge in [0.2, 0.25) is 6.79 Å². The van der Waals surface area contributed by atoms with Crippen molar-refractivity contribution >= 4 is 12.1 Å². The number of hydrogen-bond acceptors (Lipinski definition) is 7. The Morgan fingerprint density at radius 2 is 1.90 bits per heavy atom. The molecule has 1 heterocycles. The van der Waals surface area contributed by atoms with Gasteiger partial charge in [-0.25, -0.2) is 4.79 Å². The zero-order valence-corrected chi connectivity index (χ0v) is 18.8. The third kappa shape index (κ3) is 6.26. The Morgan fingerprint density at radius 3 is 2.57 bits per heavy atom. The summed E-state index contributed by atoms with van der Waals surface area (Å²) in [6, 6.07) is 4.92. The number of likely N-dealkylation sites (N-methyl/N-ethyl adjacent to an activating group) is 1. The number of carbonyl (C=O) groups is 2. The molecule has 0 aromatic heterocycles. The van der Waals surface area contributed by atoms with Crippen LogP contribution in [0, 0.1) is 5.92 Å². The third-order valence-electron chi connectivity index (χ3n) is 5.37. The van der Waals surface area contributed by atoms with Crippen molar-refractivity contribution in [1.29, 1.82) is 0 Å². The van der Waals surface area contributed by atoms with Gasteiger partial charge in [0.25, 0.3) is 0 Å². The molecule has 30 heavy (non-hydrogen) atoms. The lowest BCUT2D eigenvalue weighted by molar-refractivity contribution is -0.163. The minimum Gasteiger partial charge on any atom is -0.455 e. The number of benzene rings is 1. The Hall–Kier alpha value is -2.48. The predicted molar refractivity (Wildman–Crippen MR) is 112 cm³/mol. The molecule has 0 radical (unpaired) electrons. The quantitative estimate of drug-likeness (QED) is 0.610. The molecule has 2 rings (SSSR count). The summed E-state index contributed by atoms with van der Waals surface area (Å²) in [5, 5.41) is 0. The largest absolute Gasteiger partial charge is 0.455 e. The van der Waals surface area contributed by atoms with Gasteiger partial charge in [-0.1, -0.05) is 26.3 Å². The van der Waals surface area contributed by atoms with Crippen LogP contribution >= 0.6 is 0 Å². The Labute approximate surface area is 178 Å². The summed E-state index contributed by atoms with van der Waals surface area (Å²) < 4.78 is 21.6. The first-order chi connectivity index (χ1) is 14.0. The van der Waals surface area contributed by atoms with Gasteiger partial charge in [0, 0.05) is 13.1 Å². The summed E-state index contributed by atoms with van der Waals surface area (Å²) >= 11 is 0. The Bertz CT molecular complexity index is 751. The molecule has 1 aromatic rings. The molecular weight excluding hydrogens is 388 g/mol. The summed E-state index contributed by atoms with van der Waals surface area (Å²) in [4.78, 5) is 26.2. The number of carbonyl (C=O) groups excluding carboxylic acids is 2. The van der Waals surface area contributed by atoms with Crippen molar-refractivity contribution in [3.63, 3.8) is 0 Å². The lowest BCUT2D eigenvalue weighted by Gasteiger charge is -2.30. The summed E-state index contributed by atoms with van der Waals surface area (Å²) in [5.41, 5.74) is 5.98. The van der Waals surface area contributed by atoms with Crippen LogP contribution in [0.4, 0.5) is 4.79 Å². The zero-order valence-electron chi connectivity index (χ0n) is 18.8. The highest BCUT2D eigenvalue weighted by molar-refractivity contribution is 5.76. The zero-order chi connectivity index (χ0) is 22.5. The number of ether oxygens (including phenoxy) is 4. The van der Waals surface area contributed by atoms with Gasteiger partial charge in [-0.05, 0) is 50.8 Å². The fourth-order valence-electron chi connectivity index (χ4n) is 2.92. The Kier molecular flexibility index (Phi) is 7.95. The van der Waals surface area contributed by atoms with Gasteiger partial charge in [-0.2, -0.15) is 0 Å². The first kappa shape index (κ1) is 23.8. The minimum absolute atomic E-state index is 0.0130. The highest BCUT2D eigenvalue weighted by Gasteiger charge is 2.31. The summed E-state index contributed by atoms with van der Waals surface area (Å²) in [7, 11) is 1.68. The van der Waals surface area contributed by atoms with Crippen molar-refractivity contribution in [3.8, 4) is 11.5 Å². The number of fused-ring (bicyclic) bond motifs is 1. The maximum atomic E-state index is 12.5. The molecule has 3 atom stereocenters. The van der Waals surface area contributed by atoms with E-state index in [1.165, 1.54) is 4.90 Å². The van der Waals surface area contributed by atoms with Crippen molar-refractivity contribution in [2.75, 3.05) is 20.4 Å². The van der Waals surface area contributed by atoms with E-state index in [-0.39, 0.29) is 25.4 Å². The van der Waals surface area contributed by atoms with E-state index in [1.54, 1.807) is 20.9 Å². The van der Waals surface area contributed by atoms with Crippen LogP contribution in [0.2, 0.25) is 0 Å². The molecule has 2 N–H and O–H groups in total. The topological polar surface area (TPSA) is 100 Å². The molecule has 0 bridgehead atoms. The van der Waals surface area contributed by atoms with Crippen LogP contribution in [0.25, 0.3) is 0 Å². The Morgan fingerprint density at radius 1 is 1.23 bits per heavy atom. The van der Waals surface area contributed by atoms with Crippen LogP contribution in [-0.4, -0.2) is 55.1 Å². The van der Waals surface area contributed by atoms with Crippen LogP contribution < -0.4 is 15.2 Å². The molecule has 0 fully saturated rings. The van der Waals surface area contributed by atoms with E-state index in [1.807, 2.05) is 39.0 Å². The molecule has 1 aliphatic heterocycles. The van der Waals surface area contributed by atoms with Crippen molar-refractivity contribution < 1.29 is 28.5 Å². The number of nitrogens with two attached hydrogens (primary N) is 1. The molecule has 0 spiro atoms. The lowest BCUT2D eigenvalue weighted by atomic mass is 10.00. The predicted octanol–water partition coefficient (Wildman–Crippen LogP) is 3.11. The number of nitrogens with zero attached hydrogens (tertiary/aromatic N) is 1. The van der Waals surface area contributed by atoms with E-state index in [9.17, 15) is 9.59 Å². The molecule has 3 unspecified atom stereocenters. The van der Waals surface area contributed by atoms with E-state index in [4.69, 9.17) is 24.7 Å². The van der Waals surface area contributed by atoms with E-state index in [0.29, 0.717) is 12.2 Å². The molecule has 0 saturated carbocycles. The SMILES string of the molecule is CCC(C)C(N)C(=O)OC(C)(C)COC(=O)N(C)C(C)Cc1ccc2c(c1)OCO2. The van der Waals surface area contributed by atoms with Crippen molar-refractivity contribution in [2.45, 2.75) is 65.1 Å². The second kappa shape index (κ2) is 10.0. The summed E-state index contributed by atoms with van der Waals surface area (Å²) in [6.45, 7) is 9.34. The molecule has 1 aromatic carbocycles. The minimum atomic E-state index is -0.973. The maximum absolute atomic E-state index is 12.5. The highest BCUT2D eigenvalue weighted by atomic mass is 16.7. The van der Waals surface area contributed by atoms with E-state index < -0.39 is 23.7 Å². The van der Waals surface area contributed by atoms with Gasteiger partial charge in [0.05, 0.1) is 0 Å². The van der Waals surface area contributed by atoms with Gasteiger partial charge in [0.1, 0.15) is 18.2 Å². The normalized spacial score (nSPS) is 15.8. The molecule has 8 heteroatoms. The monoisotopic (exact) mass is 422 g/mol. The molecular formula is C22H34N2O6. The number of rotatable bonds is 9. The summed E-state index contributed by atoms with van der Waals surface area (Å²) in [5.74, 6) is 0.960. The number of esters is 1. The second-order valence-corrected chi connectivity index (χ2v) is 8.50. The average Bonchev–Trinajstić information content (AvgIpc) is 3.17. The molecule has 1 aliphatic rings. The van der Waals surface area contributed by atoms with Crippen LogP contribution in [0.15, 0.2) is 18.2 Å². The van der Waals surface area contributed by atoms with Crippen molar-refractivity contribution in [2.24, 2.45) is 11.7 Å². The van der Waals surface area contributed by atoms with Crippen molar-refractivity contribution in [1.82, 2.24) is 4.90 Å². The first-order valence-corrected chi connectivity index (χ1v) is 10.3. The molecule has 8 nitrogen and oxygen atoms in total. The van der Waals surface area contributed by atoms with Crippen molar-refractivity contribution in [3.05, 3.63) is 23.8 Å². The average molecular weight is 423 g/mol. The van der Waals surface area contributed by atoms with Crippen LogP contribution in [0.5, 0.6) is 11.5 Å². The van der Waals surface area contributed by atoms with Gasteiger partial charge >= 0.3 is 12.1 Å². The van der Waals surface area contributed by atoms with E-state index >= 15 is 0 Å². The fourth-order valence-corrected chi connectivity index (χ4v) is 2.92. The van der Waals surface area contributed by atoms with Crippen LogP contribution in [-0.2, 0) is 20.7 Å². The van der Waals surface area contributed by atoms with E-state index in [0.717, 1.165) is 17.7 Å². The highest BCUT2D eigenvalue weighted by Crippen LogP contribution is 2.33. The van der Waals surface area contributed by atoms with Gasteiger partial charge in [-0.15, -0.1) is 0 Å². The van der Waals surface area contributed by atoms with Gasteiger partial charge in [-0.3, -0.25) is 4.79 Å².